The second-order valence-corrected chi connectivity index (χ2v) is 4.70. The fraction of sp³-hybridized carbons (Fsp3) is 0.636. The van der Waals surface area contributed by atoms with Crippen molar-refractivity contribution >= 4 is 12.6 Å². The predicted molar refractivity (Wildman–Crippen MR) is 68.9 cm³/mol. The maximum atomic E-state index is 11.6. The number of aromatic nitrogens is 2. The number of nitrogens with zero attached hydrogens (tertiary/aromatic N) is 1. The third-order valence-electron chi connectivity index (χ3n) is 3.17. The summed E-state index contributed by atoms with van der Waals surface area (Å²) < 4.78 is 7.11. The van der Waals surface area contributed by atoms with Crippen LogP contribution in [0.15, 0.2) is 21.9 Å². The van der Waals surface area contributed by atoms with Crippen LogP contribution in [-0.2, 0) is 4.74 Å². The molecule has 1 aliphatic rings. The summed E-state index contributed by atoms with van der Waals surface area (Å²) in [6, 6.07) is 1.29. The average Bonchev–Trinajstić information content (AvgIpc) is 2.72. The van der Waals surface area contributed by atoms with E-state index in [1.807, 2.05) is 0 Å². The van der Waals surface area contributed by atoms with Crippen LogP contribution in [0.3, 0.4) is 0 Å². The van der Waals surface area contributed by atoms with Gasteiger partial charge in [0.1, 0.15) is 6.23 Å². The van der Waals surface area contributed by atoms with Gasteiger partial charge >= 0.3 is 5.69 Å². The van der Waals surface area contributed by atoms with Gasteiger partial charge in [-0.2, -0.15) is 12.6 Å². The van der Waals surface area contributed by atoms with Gasteiger partial charge in [-0.05, 0) is 24.5 Å². The van der Waals surface area contributed by atoms with Crippen LogP contribution in [0.25, 0.3) is 0 Å². The number of hydrogen-bond donors (Lipinski definition) is 3. The zero-order valence-electron chi connectivity index (χ0n) is 9.78. The Hall–Kier alpha value is -1.05. The number of aromatic amines is 1. The number of rotatable bonds is 4. The number of thiol groups is 1. The number of H-pyrrole nitrogens is 1. The summed E-state index contributed by atoms with van der Waals surface area (Å²) >= 11 is 4.26. The van der Waals surface area contributed by atoms with Gasteiger partial charge in [0.2, 0.25) is 0 Å². The lowest BCUT2D eigenvalue weighted by Crippen LogP contribution is -2.31. The van der Waals surface area contributed by atoms with E-state index in [2.05, 4.69) is 17.6 Å². The molecule has 0 bridgehead atoms. The average molecular weight is 272 g/mol. The van der Waals surface area contributed by atoms with Gasteiger partial charge in [0.25, 0.3) is 5.56 Å². The van der Waals surface area contributed by atoms with Crippen molar-refractivity contribution in [3.8, 4) is 0 Å². The van der Waals surface area contributed by atoms with Crippen LogP contribution in [-0.4, -0.2) is 33.1 Å². The number of aliphatic hydroxyl groups excluding tert-OH is 1. The molecule has 6 nitrogen and oxygen atoms in total. The first kappa shape index (κ1) is 13.4. The Morgan fingerprint density at radius 1 is 1.56 bits per heavy atom. The lowest BCUT2D eigenvalue weighted by molar-refractivity contribution is -0.0159. The van der Waals surface area contributed by atoms with Crippen LogP contribution in [0.5, 0.6) is 0 Å². The highest BCUT2D eigenvalue weighted by Gasteiger charge is 2.35. The Bertz CT molecular complexity index is 512. The zero-order chi connectivity index (χ0) is 13.1. The smallest absolute Gasteiger partial charge is 0.330 e. The molecule has 7 heteroatoms. The molecule has 0 aliphatic carbocycles. The standard InChI is InChI=1S/C11H16N2O4S/c14-4-2-8-7(6-18)5-10(17-8)13-3-1-9(15)12-11(13)16/h1,3,7-8,10,14,18H,2,4-6H2,(H,12,15,16)/t7-,8-,10-/m1/s1. The van der Waals surface area contributed by atoms with Crippen LogP contribution in [0.4, 0.5) is 0 Å². The second kappa shape index (κ2) is 5.73. The van der Waals surface area contributed by atoms with Crippen molar-refractivity contribution in [1.29, 1.82) is 0 Å². The molecule has 2 heterocycles. The number of aliphatic hydroxyl groups is 1. The minimum absolute atomic E-state index is 0.0438. The summed E-state index contributed by atoms with van der Waals surface area (Å²) in [5, 5.41) is 8.97. The number of ether oxygens (including phenoxy) is 1. The van der Waals surface area contributed by atoms with E-state index in [9.17, 15) is 9.59 Å². The topological polar surface area (TPSA) is 84.3 Å². The summed E-state index contributed by atoms with van der Waals surface area (Å²) in [4.78, 5) is 24.8. The Morgan fingerprint density at radius 2 is 2.33 bits per heavy atom. The monoisotopic (exact) mass is 272 g/mol. The molecule has 1 saturated heterocycles. The molecule has 0 spiro atoms. The van der Waals surface area contributed by atoms with Crippen LogP contribution >= 0.6 is 12.6 Å². The van der Waals surface area contributed by atoms with Gasteiger partial charge in [0.05, 0.1) is 6.10 Å². The van der Waals surface area contributed by atoms with Crippen molar-refractivity contribution in [2.75, 3.05) is 12.4 Å². The third kappa shape index (κ3) is 2.68. The maximum Gasteiger partial charge on any atom is 0.330 e. The van der Waals surface area contributed by atoms with Gasteiger partial charge in [-0.15, -0.1) is 0 Å². The molecule has 0 aromatic carbocycles. The maximum absolute atomic E-state index is 11.6. The predicted octanol–water partition coefficient (Wildman–Crippen LogP) is -0.247. The molecule has 0 amide bonds. The molecular weight excluding hydrogens is 256 g/mol. The SMILES string of the molecule is O=c1ccn([C@H]2C[C@H](CS)[C@@H](CCO)O2)c(=O)[nH]1. The van der Waals surface area contributed by atoms with Crippen molar-refractivity contribution in [2.45, 2.75) is 25.2 Å². The van der Waals surface area contributed by atoms with Crippen LogP contribution in [0.1, 0.15) is 19.1 Å². The molecule has 0 saturated carbocycles. The van der Waals surface area contributed by atoms with Crippen molar-refractivity contribution < 1.29 is 9.84 Å². The lowest BCUT2D eigenvalue weighted by atomic mass is 10.0. The first-order valence-corrected chi connectivity index (χ1v) is 6.47. The Labute approximate surface area is 109 Å². The molecule has 2 N–H and O–H groups in total. The summed E-state index contributed by atoms with van der Waals surface area (Å²) in [6.07, 6.45) is 2.11. The summed E-state index contributed by atoms with van der Waals surface area (Å²) in [7, 11) is 0. The Balaban J connectivity index is 2.20. The fourth-order valence-corrected chi connectivity index (χ4v) is 2.62. The van der Waals surface area contributed by atoms with Crippen molar-refractivity contribution in [3.05, 3.63) is 33.1 Å². The van der Waals surface area contributed by atoms with E-state index in [-0.39, 0.29) is 18.6 Å². The quantitative estimate of drug-likeness (QED) is 0.660. The minimum atomic E-state index is -0.477. The van der Waals surface area contributed by atoms with E-state index in [0.29, 0.717) is 18.6 Å². The van der Waals surface area contributed by atoms with Gasteiger partial charge in [-0.3, -0.25) is 14.3 Å². The molecule has 1 aromatic heterocycles. The first-order chi connectivity index (χ1) is 8.65. The normalized spacial score (nSPS) is 27.6. The van der Waals surface area contributed by atoms with Gasteiger partial charge in [-0.1, -0.05) is 0 Å². The van der Waals surface area contributed by atoms with Gasteiger partial charge in [-0.25, -0.2) is 4.79 Å². The molecule has 1 aromatic rings. The molecule has 0 radical (unpaired) electrons. The number of hydrogen-bond acceptors (Lipinski definition) is 5. The highest BCUT2D eigenvalue weighted by atomic mass is 32.1. The van der Waals surface area contributed by atoms with Gasteiger partial charge in [0.15, 0.2) is 0 Å². The minimum Gasteiger partial charge on any atom is -0.396 e. The second-order valence-electron chi connectivity index (χ2n) is 4.34. The van der Waals surface area contributed by atoms with E-state index in [0.717, 1.165) is 0 Å². The molecule has 0 unspecified atom stereocenters. The Morgan fingerprint density at radius 3 is 2.94 bits per heavy atom. The van der Waals surface area contributed by atoms with Gasteiger partial charge < -0.3 is 9.84 Å². The summed E-state index contributed by atoms with van der Waals surface area (Å²) in [5.74, 6) is 0.837. The molecule has 3 atom stereocenters. The largest absolute Gasteiger partial charge is 0.396 e. The fourth-order valence-electron chi connectivity index (χ4n) is 2.24. The van der Waals surface area contributed by atoms with E-state index >= 15 is 0 Å². The zero-order valence-corrected chi connectivity index (χ0v) is 10.7. The van der Waals surface area contributed by atoms with Crippen molar-refractivity contribution in [2.24, 2.45) is 5.92 Å². The summed E-state index contributed by atoms with van der Waals surface area (Å²) in [5.41, 5.74) is -0.901. The van der Waals surface area contributed by atoms with Crippen molar-refractivity contribution in [1.82, 2.24) is 9.55 Å². The van der Waals surface area contributed by atoms with Crippen molar-refractivity contribution in [3.63, 3.8) is 0 Å². The van der Waals surface area contributed by atoms with E-state index in [1.165, 1.54) is 16.8 Å². The van der Waals surface area contributed by atoms with Crippen LogP contribution < -0.4 is 11.2 Å². The number of nitrogens with one attached hydrogen (secondary N) is 1. The first-order valence-electron chi connectivity index (χ1n) is 5.84. The third-order valence-corrected chi connectivity index (χ3v) is 3.64. The summed E-state index contributed by atoms with van der Waals surface area (Å²) in [6.45, 7) is 0.0438. The molecule has 2 rings (SSSR count). The Kier molecular flexibility index (Phi) is 4.26. The van der Waals surface area contributed by atoms with E-state index in [1.54, 1.807) is 0 Å². The van der Waals surface area contributed by atoms with E-state index in [4.69, 9.17) is 9.84 Å². The molecular formula is C11H16N2O4S. The van der Waals surface area contributed by atoms with Gasteiger partial charge in [0, 0.05) is 18.9 Å². The highest BCUT2D eigenvalue weighted by molar-refractivity contribution is 7.80. The van der Waals surface area contributed by atoms with Crippen LogP contribution in [0.2, 0.25) is 0 Å². The lowest BCUT2D eigenvalue weighted by Gasteiger charge is -2.15. The molecule has 1 aliphatic heterocycles. The molecule has 100 valence electrons. The van der Waals surface area contributed by atoms with E-state index < -0.39 is 17.5 Å². The molecule has 18 heavy (non-hydrogen) atoms. The van der Waals surface area contributed by atoms with Crippen LogP contribution in [0, 0.1) is 5.92 Å². The molecule has 1 fully saturated rings. The highest BCUT2D eigenvalue weighted by Crippen LogP contribution is 2.34.